The maximum Gasteiger partial charge on any atom is 0.319 e. The maximum absolute atomic E-state index is 12.2. The van der Waals surface area contributed by atoms with Crippen molar-refractivity contribution in [3.63, 3.8) is 0 Å². The van der Waals surface area contributed by atoms with Crippen LogP contribution in [0.25, 0.3) is 5.69 Å². The van der Waals surface area contributed by atoms with Gasteiger partial charge in [0.1, 0.15) is 5.60 Å². The van der Waals surface area contributed by atoms with Crippen molar-refractivity contribution >= 4 is 11.7 Å². The highest BCUT2D eigenvalue weighted by Gasteiger charge is 2.23. The van der Waals surface area contributed by atoms with Crippen molar-refractivity contribution in [1.29, 1.82) is 0 Å². The van der Waals surface area contributed by atoms with Gasteiger partial charge in [0, 0.05) is 12.4 Å². The second-order valence-corrected chi connectivity index (χ2v) is 5.92. The molecular formula is C19H20N4O2. The topological polar surface area (TPSA) is 79.2 Å². The third kappa shape index (κ3) is 4.05. The summed E-state index contributed by atoms with van der Waals surface area (Å²) in [5.74, 6) is 0. The van der Waals surface area contributed by atoms with E-state index in [0.717, 1.165) is 11.3 Å². The van der Waals surface area contributed by atoms with Crippen LogP contribution in [0.2, 0.25) is 0 Å². The third-order valence-electron chi connectivity index (χ3n) is 3.89. The molecule has 0 bridgehead atoms. The van der Waals surface area contributed by atoms with Crippen LogP contribution in [0, 0.1) is 0 Å². The average molecular weight is 336 g/mol. The van der Waals surface area contributed by atoms with E-state index < -0.39 is 11.6 Å². The molecule has 6 heteroatoms. The predicted molar refractivity (Wildman–Crippen MR) is 96.6 cm³/mol. The molecule has 0 aliphatic heterocycles. The first-order chi connectivity index (χ1) is 12.1. The number of anilines is 1. The third-order valence-corrected chi connectivity index (χ3v) is 3.89. The molecule has 0 aliphatic carbocycles. The van der Waals surface area contributed by atoms with Gasteiger partial charge in [0.25, 0.3) is 0 Å². The lowest BCUT2D eigenvalue weighted by Gasteiger charge is -2.24. The minimum absolute atomic E-state index is 0.0901. The van der Waals surface area contributed by atoms with Crippen LogP contribution in [-0.4, -0.2) is 27.5 Å². The number of carbonyl (C=O) groups excluding carboxylic acids is 1. The molecule has 128 valence electrons. The van der Waals surface area contributed by atoms with Crippen LogP contribution in [0.1, 0.15) is 12.5 Å². The van der Waals surface area contributed by atoms with Crippen molar-refractivity contribution in [3.05, 3.63) is 78.6 Å². The minimum Gasteiger partial charge on any atom is -0.384 e. The second-order valence-electron chi connectivity index (χ2n) is 5.92. The van der Waals surface area contributed by atoms with E-state index in [4.69, 9.17) is 0 Å². The highest BCUT2D eigenvalue weighted by Crippen LogP contribution is 2.20. The predicted octanol–water partition coefficient (Wildman–Crippen LogP) is 2.90. The molecule has 3 N–H and O–H groups in total. The molecule has 0 aliphatic rings. The van der Waals surface area contributed by atoms with Gasteiger partial charge < -0.3 is 15.7 Å². The lowest BCUT2D eigenvalue weighted by molar-refractivity contribution is 0.0599. The molecule has 0 spiro atoms. The summed E-state index contributed by atoms with van der Waals surface area (Å²) in [7, 11) is 0. The van der Waals surface area contributed by atoms with Gasteiger partial charge in [-0.1, -0.05) is 42.5 Å². The van der Waals surface area contributed by atoms with Crippen molar-refractivity contribution < 1.29 is 9.90 Å². The molecule has 1 unspecified atom stereocenters. The Balaban J connectivity index is 1.66. The molecule has 1 heterocycles. The molecule has 0 saturated carbocycles. The van der Waals surface area contributed by atoms with Gasteiger partial charge in [0.05, 0.1) is 17.9 Å². The van der Waals surface area contributed by atoms with Gasteiger partial charge in [0.2, 0.25) is 0 Å². The molecule has 0 radical (unpaired) electrons. The second kappa shape index (κ2) is 7.19. The van der Waals surface area contributed by atoms with E-state index in [2.05, 4.69) is 15.7 Å². The van der Waals surface area contributed by atoms with Gasteiger partial charge in [-0.2, -0.15) is 5.10 Å². The monoisotopic (exact) mass is 336 g/mol. The molecule has 0 fully saturated rings. The summed E-state index contributed by atoms with van der Waals surface area (Å²) in [5.41, 5.74) is 0.980. The Morgan fingerprint density at radius 3 is 2.56 bits per heavy atom. The van der Waals surface area contributed by atoms with Crippen LogP contribution in [0.4, 0.5) is 10.5 Å². The molecule has 2 amide bonds. The van der Waals surface area contributed by atoms with Crippen molar-refractivity contribution in [2.24, 2.45) is 0 Å². The highest BCUT2D eigenvalue weighted by molar-refractivity contribution is 5.91. The smallest absolute Gasteiger partial charge is 0.319 e. The number of nitrogens with one attached hydrogen (secondary N) is 2. The number of nitrogens with zero attached hydrogens (tertiary/aromatic N) is 2. The first-order valence-corrected chi connectivity index (χ1v) is 7.98. The lowest BCUT2D eigenvalue weighted by atomic mass is 9.96. The molecule has 6 nitrogen and oxygen atoms in total. The van der Waals surface area contributed by atoms with Gasteiger partial charge >= 0.3 is 6.03 Å². The molecule has 0 saturated heterocycles. The first-order valence-electron chi connectivity index (χ1n) is 7.98. The summed E-state index contributed by atoms with van der Waals surface area (Å²) in [6.45, 7) is 1.76. The Kier molecular flexibility index (Phi) is 4.81. The lowest BCUT2D eigenvalue weighted by Crippen LogP contribution is -2.40. The molecule has 3 rings (SSSR count). The molecule has 3 aromatic rings. The van der Waals surface area contributed by atoms with E-state index in [9.17, 15) is 9.90 Å². The van der Waals surface area contributed by atoms with E-state index >= 15 is 0 Å². The van der Waals surface area contributed by atoms with Crippen LogP contribution < -0.4 is 10.6 Å². The zero-order chi connectivity index (χ0) is 17.7. The summed E-state index contributed by atoms with van der Waals surface area (Å²) in [5, 5.41) is 20.2. The fourth-order valence-corrected chi connectivity index (χ4v) is 2.51. The van der Waals surface area contributed by atoms with Gasteiger partial charge in [-0.3, -0.25) is 0 Å². The summed E-state index contributed by atoms with van der Waals surface area (Å²) in [4.78, 5) is 12.2. The summed E-state index contributed by atoms with van der Waals surface area (Å²) >= 11 is 0. The molecule has 1 aromatic heterocycles. The van der Waals surface area contributed by atoms with Crippen LogP contribution >= 0.6 is 0 Å². The fourth-order valence-electron chi connectivity index (χ4n) is 2.51. The van der Waals surface area contributed by atoms with Gasteiger partial charge in [-0.15, -0.1) is 0 Å². The summed E-state index contributed by atoms with van der Waals surface area (Å²) in [6, 6.07) is 18.0. The Bertz CT molecular complexity index is 830. The number of aliphatic hydroxyl groups is 1. The van der Waals surface area contributed by atoms with E-state index in [1.807, 2.05) is 54.6 Å². The average Bonchev–Trinajstić information content (AvgIpc) is 3.16. The van der Waals surface area contributed by atoms with E-state index in [1.165, 1.54) is 0 Å². The number of rotatable bonds is 5. The van der Waals surface area contributed by atoms with Crippen LogP contribution in [0.3, 0.4) is 0 Å². The number of benzene rings is 2. The van der Waals surface area contributed by atoms with Crippen LogP contribution in [0.15, 0.2) is 73.1 Å². The number of urea groups is 1. The highest BCUT2D eigenvalue weighted by atomic mass is 16.3. The molecule has 1 atom stereocenters. The Morgan fingerprint density at radius 2 is 1.84 bits per heavy atom. The van der Waals surface area contributed by atoms with Crippen molar-refractivity contribution in [2.75, 3.05) is 11.9 Å². The fraction of sp³-hybridized carbons (Fsp3) is 0.158. The number of hydrogen-bond acceptors (Lipinski definition) is 3. The van der Waals surface area contributed by atoms with E-state index in [-0.39, 0.29) is 6.54 Å². The van der Waals surface area contributed by atoms with Gasteiger partial charge in [-0.25, -0.2) is 9.48 Å². The van der Waals surface area contributed by atoms with E-state index in [0.29, 0.717) is 5.69 Å². The number of amides is 2. The first kappa shape index (κ1) is 16.7. The van der Waals surface area contributed by atoms with Crippen molar-refractivity contribution in [2.45, 2.75) is 12.5 Å². The Morgan fingerprint density at radius 1 is 1.12 bits per heavy atom. The standard InChI is InChI=1S/C19H20N4O2/c1-19(25,15-8-3-2-4-9-15)14-20-18(24)22-16-10-5-6-11-17(16)23-13-7-12-21-23/h2-13,25H,14H2,1H3,(H2,20,22,24). The van der Waals surface area contributed by atoms with Gasteiger partial charge in [0.15, 0.2) is 0 Å². The molecular weight excluding hydrogens is 316 g/mol. The number of carbonyl (C=O) groups is 1. The Hall–Kier alpha value is -3.12. The summed E-state index contributed by atoms with van der Waals surface area (Å²) < 4.78 is 1.68. The summed E-state index contributed by atoms with van der Waals surface area (Å²) in [6.07, 6.45) is 3.48. The van der Waals surface area contributed by atoms with E-state index in [1.54, 1.807) is 30.1 Å². The number of hydrogen-bond donors (Lipinski definition) is 3. The maximum atomic E-state index is 12.2. The van der Waals surface area contributed by atoms with Crippen LogP contribution in [-0.2, 0) is 5.60 Å². The van der Waals surface area contributed by atoms with Crippen molar-refractivity contribution in [3.8, 4) is 5.69 Å². The minimum atomic E-state index is -1.15. The quantitative estimate of drug-likeness (QED) is 0.670. The molecule has 25 heavy (non-hydrogen) atoms. The largest absolute Gasteiger partial charge is 0.384 e. The van der Waals surface area contributed by atoms with Crippen LogP contribution in [0.5, 0.6) is 0 Å². The number of para-hydroxylation sites is 2. The molecule has 2 aromatic carbocycles. The zero-order valence-electron chi connectivity index (χ0n) is 13.9. The number of aromatic nitrogens is 2. The normalized spacial score (nSPS) is 13.0. The Labute approximate surface area is 146 Å². The SMILES string of the molecule is CC(O)(CNC(=O)Nc1ccccc1-n1cccn1)c1ccccc1. The van der Waals surface area contributed by atoms with Gasteiger partial charge in [-0.05, 0) is 30.7 Å². The zero-order valence-corrected chi connectivity index (χ0v) is 13.9. The van der Waals surface area contributed by atoms with Crippen molar-refractivity contribution in [1.82, 2.24) is 15.1 Å².